The van der Waals surface area contributed by atoms with Gasteiger partial charge in [0.05, 0.1) is 33.0 Å². The van der Waals surface area contributed by atoms with Gasteiger partial charge in [-0.2, -0.15) is 0 Å². The molecule has 0 fully saturated rings. The van der Waals surface area contributed by atoms with Gasteiger partial charge in [0.25, 0.3) is 0 Å². The molecule has 0 atom stereocenters. The molecule has 0 heterocycles. The first-order valence-corrected chi connectivity index (χ1v) is 9.77. The maximum Gasteiger partial charge on any atom is 0.127 e. The largest absolute Gasteiger partial charge is 0.491 e. The van der Waals surface area contributed by atoms with Gasteiger partial charge in [0.1, 0.15) is 23.9 Å². The zero-order valence-corrected chi connectivity index (χ0v) is 16.6. The minimum absolute atomic E-state index is 0.484. The number of benzene rings is 2. The van der Waals surface area contributed by atoms with Crippen molar-refractivity contribution < 1.29 is 23.7 Å². The lowest BCUT2D eigenvalue weighted by Crippen LogP contribution is -2.12. The average molecular weight is 389 g/mol. The van der Waals surface area contributed by atoms with E-state index < -0.39 is 0 Å². The van der Waals surface area contributed by atoms with Crippen LogP contribution in [0.4, 0.5) is 5.69 Å². The maximum absolute atomic E-state index is 5.75. The molecular formula is C22H31NO5. The highest BCUT2D eigenvalue weighted by atomic mass is 16.6. The molecule has 0 amide bonds. The third-order valence-electron chi connectivity index (χ3n) is 3.82. The number of rotatable bonds is 15. The number of hydrogen-bond acceptors (Lipinski definition) is 6. The van der Waals surface area contributed by atoms with Crippen LogP contribution in [-0.2, 0) is 14.2 Å². The van der Waals surface area contributed by atoms with Crippen molar-refractivity contribution in [3.63, 3.8) is 0 Å². The summed E-state index contributed by atoms with van der Waals surface area (Å²) in [7, 11) is 0. The van der Waals surface area contributed by atoms with Gasteiger partial charge < -0.3 is 29.4 Å². The van der Waals surface area contributed by atoms with Gasteiger partial charge in [-0.15, -0.1) is 0 Å². The van der Waals surface area contributed by atoms with Crippen LogP contribution in [0.1, 0.15) is 19.8 Å². The molecule has 0 saturated heterocycles. The molecule has 2 rings (SSSR count). The fourth-order valence-corrected chi connectivity index (χ4v) is 2.28. The number of nitrogens with two attached hydrogens (primary N) is 1. The van der Waals surface area contributed by atoms with E-state index in [9.17, 15) is 0 Å². The van der Waals surface area contributed by atoms with Crippen molar-refractivity contribution >= 4 is 5.69 Å². The minimum atomic E-state index is 0.484. The van der Waals surface area contributed by atoms with Crippen LogP contribution in [-0.4, -0.2) is 46.2 Å². The van der Waals surface area contributed by atoms with E-state index in [0.717, 1.165) is 36.7 Å². The summed E-state index contributed by atoms with van der Waals surface area (Å²) >= 11 is 0. The molecule has 0 aliphatic carbocycles. The van der Waals surface area contributed by atoms with E-state index in [0.29, 0.717) is 45.3 Å². The van der Waals surface area contributed by atoms with Crippen molar-refractivity contribution in [2.45, 2.75) is 19.8 Å². The van der Waals surface area contributed by atoms with Crippen LogP contribution >= 0.6 is 0 Å². The highest BCUT2D eigenvalue weighted by molar-refractivity contribution is 5.43. The molecule has 0 bridgehead atoms. The summed E-state index contributed by atoms with van der Waals surface area (Å²) in [5, 5.41) is 0. The third-order valence-corrected chi connectivity index (χ3v) is 3.82. The molecule has 0 spiro atoms. The number of ether oxygens (including phenoxy) is 5. The van der Waals surface area contributed by atoms with Gasteiger partial charge in [0, 0.05) is 12.3 Å². The molecule has 2 N–H and O–H groups in total. The maximum atomic E-state index is 5.75. The lowest BCUT2D eigenvalue weighted by molar-refractivity contribution is 0.00895. The quantitative estimate of drug-likeness (QED) is 0.362. The number of nitrogen functional groups attached to an aromatic ring is 1. The molecule has 28 heavy (non-hydrogen) atoms. The summed E-state index contributed by atoms with van der Waals surface area (Å²) < 4.78 is 27.7. The third kappa shape index (κ3) is 9.60. The van der Waals surface area contributed by atoms with E-state index in [4.69, 9.17) is 29.4 Å². The van der Waals surface area contributed by atoms with Gasteiger partial charge in [0.15, 0.2) is 0 Å². The lowest BCUT2D eigenvalue weighted by atomic mass is 10.3. The highest BCUT2D eigenvalue weighted by Crippen LogP contribution is 2.24. The highest BCUT2D eigenvalue weighted by Gasteiger charge is 1.99. The summed E-state index contributed by atoms with van der Waals surface area (Å²) in [5.41, 5.74) is 6.37. The predicted molar refractivity (Wildman–Crippen MR) is 110 cm³/mol. The fourth-order valence-electron chi connectivity index (χ4n) is 2.28. The van der Waals surface area contributed by atoms with Crippen molar-refractivity contribution in [1.29, 1.82) is 0 Å². The van der Waals surface area contributed by atoms with Crippen LogP contribution < -0.4 is 15.2 Å². The number of anilines is 1. The molecule has 0 aliphatic rings. The van der Waals surface area contributed by atoms with Gasteiger partial charge in [-0.25, -0.2) is 0 Å². The molecule has 0 aliphatic heterocycles. The van der Waals surface area contributed by atoms with E-state index in [1.54, 1.807) is 12.1 Å². The smallest absolute Gasteiger partial charge is 0.127 e. The molecule has 2 aromatic rings. The van der Waals surface area contributed by atoms with Crippen LogP contribution in [0.15, 0.2) is 48.5 Å². The summed E-state index contributed by atoms with van der Waals surface area (Å²) in [6.07, 6.45) is 2.25. The second kappa shape index (κ2) is 13.8. The van der Waals surface area contributed by atoms with Crippen molar-refractivity contribution in [2.75, 3.05) is 52.0 Å². The Bertz CT molecular complexity index is 630. The summed E-state index contributed by atoms with van der Waals surface area (Å²) in [4.78, 5) is 0. The predicted octanol–water partition coefficient (Wildman–Crippen LogP) is 4.29. The van der Waals surface area contributed by atoms with Crippen LogP contribution in [0.3, 0.4) is 0 Å². The molecule has 0 aromatic heterocycles. The Balaban J connectivity index is 1.49. The molecule has 6 nitrogen and oxygen atoms in total. The first-order valence-electron chi connectivity index (χ1n) is 9.77. The van der Waals surface area contributed by atoms with Crippen molar-refractivity contribution in [2.24, 2.45) is 0 Å². The first-order chi connectivity index (χ1) is 13.8. The number of hydrogen-bond donors (Lipinski definition) is 1. The molecule has 2 aromatic carbocycles. The van der Waals surface area contributed by atoms with Crippen molar-refractivity contribution in [1.82, 2.24) is 0 Å². The van der Waals surface area contributed by atoms with Gasteiger partial charge in [-0.1, -0.05) is 13.3 Å². The van der Waals surface area contributed by atoms with Gasteiger partial charge >= 0.3 is 0 Å². The minimum Gasteiger partial charge on any atom is -0.491 e. The molecule has 6 heteroatoms. The van der Waals surface area contributed by atoms with Crippen molar-refractivity contribution in [3.05, 3.63) is 48.5 Å². The van der Waals surface area contributed by atoms with Crippen molar-refractivity contribution in [3.8, 4) is 17.2 Å². The molecular weight excluding hydrogens is 358 g/mol. The van der Waals surface area contributed by atoms with Gasteiger partial charge in [-0.05, 0) is 55.0 Å². The average Bonchev–Trinajstić information content (AvgIpc) is 2.72. The monoisotopic (exact) mass is 389 g/mol. The van der Waals surface area contributed by atoms with E-state index in [1.807, 2.05) is 36.4 Å². The Labute approximate surface area is 167 Å². The normalized spacial score (nSPS) is 10.8. The lowest BCUT2D eigenvalue weighted by Gasteiger charge is -2.09. The summed E-state index contributed by atoms with van der Waals surface area (Å²) in [6.45, 7) is 6.31. The van der Waals surface area contributed by atoms with Crippen LogP contribution in [0.25, 0.3) is 0 Å². The summed E-state index contributed by atoms with van der Waals surface area (Å²) in [6, 6.07) is 14.7. The van der Waals surface area contributed by atoms with E-state index in [1.165, 1.54) is 0 Å². The van der Waals surface area contributed by atoms with Gasteiger partial charge in [0.2, 0.25) is 0 Å². The standard InChI is InChI=1S/C22H31NO5/c1-2-3-12-24-13-14-25-15-16-26-17-18-27-20-8-10-22(11-9-20)28-21-6-4-19(23)5-7-21/h4-11H,2-3,12-18,23H2,1H3. The Hall–Kier alpha value is -2.28. The van der Waals surface area contributed by atoms with Crippen LogP contribution in [0.2, 0.25) is 0 Å². The SMILES string of the molecule is CCCCOCCOCCOCCOc1ccc(Oc2ccc(N)cc2)cc1. The van der Waals surface area contributed by atoms with E-state index >= 15 is 0 Å². The Morgan fingerprint density at radius 2 is 1.07 bits per heavy atom. The second-order valence-corrected chi connectivity index (χ2v) is 6.18. The second-order valence-electron chi connectivity index (χ2n) is 6.18. The van der Waals surface area contributed by atoms with Gasteiger partial charge in [-0.3, -0.25) is 0 Å². The fraction of sp³-hybridized carbons (Fsp3) is 0.455. The van der Waals surface area contributed by atoms with E-state index in [-0.39, 0.29) is 0 Å². The van der Waals surface area contributed by atoms with E-state index in [2.05, 4.69) is 6.92 Å². The van der Waals surface area contributed by atoms with Crippen LogP contribution in [0.5, 0.6) is 17.2 Å². The Morgan fingerprint density at radius 3 is 1.64 bits per heavy atom. The molecule has 0 saturated carbocycles. The summed E-state index contributed by atoms with van der Waals surface area (Å²) in [5.74, 6) is 2.25. The first kappa shape index (κ1) is 22.0. The molecule has 0 unspecified atom stereocenters. The topological polar surface area (TPSA) is 72.2 Å². The number of unbranched alkanes of at least 4 members (excludes halogenated alkanes) is 1. The zero-order valence-electron chi connectivity index (χ0n) is 16.6. The van der Waals surface area contributed by atoms with Crippen LogP contribution in [0, 0.1) is 0 Å². The molecule has 154 valence electrons. The Morgan fingerprint density at radius 1 is 0.607 bits per heavy atom. The zero-order chi connectivity index (χ0) is 19.9. The molecule has 0 radical (unpaired) electrons. The Kier molecular flexibility index (Phi) is 10.9.